The summed E-state index contributed by atoms with van der Waals surface area (Å²) in [7, 11) is 0. The number of ketones is 1. The van der Waals surface area contributed by atoms with E-state index in [1.165, 1.54) is 27.8 Å². The molecule has 1 aliphatic heterocycles. The molecular weight excluding hydrogens is 525 g/mol. The zero-order valence-electron chi connectivity index (χ0n) is 21.1. The molecular formula is C29H25F3N4O4. The number of likely N-dealkylation sites (tertiary alicyclic amines) is 1. The Morgan fingerprint density at radius 3 is 2.40 bits per heavy atom. The van der Waals surface area contributed by atoms with Crippen molar-refractivity contribution in [3.8, 4) is 5.75 Å². The number of primary amides is 1. The molecule has 1 aromatic heterocycles. The molecule has 0 bridgehead atoms. The van der Waals surface area contributed by atoms with E-state index in [0.29, 0.717) is 35.0 Å². The molecule has 40 heavy (non-hydrogen) atoms. The van der Waals surface area contributed by atoms with E-state index >= 15 is 0 Å². The van der Waals surface area contributed by atoms with Crippen molar-refractivity contribution in [2.45, 2.75) is 37.7 Å². The number of para-hydroxylation sites is 1. The van der Waals surface area contributed by atoms with Crippen LogP contribution < -0.4 is 15.8 Å². The number of halogens is 3. The minimum atomic E-state index is -4.86. The van der Waals surface area contributed by atoms with Crippen LogP contribution >= 0.6 is 0 Å². The van der Waals surface area contributed by atoms with Crippen LogP contribution in [0.25, 0.3) is 10.9 Å². The van der Waals surface area contributed by atoms with E-state index in [1.54, 1.807) is 24.3 Å². The number of amides is 3. The summed E-state index contributed by atoms with van der Waals surface area (Å²) in [6.07, 6.45) is -2.74. The monoisotopic (exact) mass is 550 g/mol. The Bertz CT molecular complexity index is 1570. The van der Waals surface area contributed by atoms with Crippen molar-refractivity contribution in [2.75, 3.05) is 5.32 Å². The molecule has 11 heteroatoms. The van der Waals surface area contributed by atoms with Crippen LogP contribution in [0.5, 0.6) is 5.75 Å². The maximum absolute atomic E-state index is 13.8. The topological polar surface area (TPSA) is 107 Å². The average Bonchev–Trinajstić information content (AvgIpc) is 3.51. The Morgan fingerprint density at radius 2 is 1.68 bits per heavy atom. The minimum Gasteiger partial charge on any atom is -0.406 e. The molecule has 0 aliphatic carbocycles. The molecule has 0 spiro atoms. The van der Waals surface area contributed by atoms with Crippen LogP contribution in [0, 0.1) is 0 Å². The fourth-order valence-electron chi connectivity index (χ4n) is 5.23. The summed E-state index contributed by atoms with van der Waals surface area (Å²) in [5.74, 6) is -0.746. The summed E-state index contributed by atoms with van der Waals surface area (Å²) >= 11 is 0. The van der Waals surface area contributed by atoms with E-state index in [0.717, 1.165) is 17.7 Å². The second-order valence-electron chi connectivity index (χ2n) is 9.46. The van der Waals surface area contributed by atoms with Gasteiger partial charge in [0.2, 0.25) is 0 Å². The highest BCUT2D eigenvalue weighted by atomic mass is 19.4. The van der Waals surface area contributed by atoms with Gasteiger partial charge in [-0.05, 0) is 42.2 Å². The van der Waals surface area contributed by atoms with Crippen LogP contribution in [0.2, 0.25) is 0 Å². The van der Waals surface area contributed by atoms with Gasteiger partial charge in [-0.3, -0.25) is 9.36 Å². The SMILES string of the molecule is NC(=O)n1cc(NC(=O)N2[C@@H](c3ccccc3)CC[C@H]2C(=O)Cc2cccc(OC(F)(F)F)c2)c2ccccc21. The zero-order valence-corrected chi connectivity index (χ0v) is 21.1. The number of rotatable bonds is 6. The Kier molecular flexibility index (Phi) is 7.20. The van der Waals surface area contributed by atoms with E-state index in [4.69, 9.17) is 5.73 Å². The number of Topliss-reactive ketones (excluding diaryl/α,β-unsaturated/α-hetero) is 1. The zero-order chi connectivity index (χ0) is 28.4. The van der Waals surface area contributed by atoms with Gasteiger partial charge in [-0.2, -0.15) is 0 Å². The maximum Gasteiger partial charge on any atom is 0.573 e. The summed E-state index contributed by atoms with van der Waals surface area (Å²) in [6.45, 7) is 0. The van der Waals surface area contributed by atoms with Crippen LogP contribution in [-0.4, -0.2) is 39.7 Å². The highest BCUT2D eigenvalue weighted by Crippen LogP contribution is 2.38. The van der Waals surface area contributed by atoms with Gasteiger partial charge in [0.25, 0.3) is 0 Å². The van der Waals surface area contributed by atoms with E-state index in [9.17, 15) is 27.6 Å². The number of anilines is 1. The number of hydrogen-bond donors (Lipinski definition) is 2. The minimum absolute atomic E-state index is 0.188. The quantitative estimate of drug-likeness (QED) is 0.306. The molecule has 5 rings (SSSR count). The number of aromatic nitrogens is 1. The van der Waals surface area contributed by atoms with Crippen molar-refractivity contribution >= 4 is 34.4 Å². The van der Waals surface area contributed by atoms with E-state index in [1.807, 2.05) is 30.3 Å². The maximum atomic E-state index is 13.8. The van der Waals surface area contributed by atoms with Crippen molar-refractivity contribution in [1.29, 1.82) is 0 Å². The molecule has 1 aliphatic rings. The lowest BCUT2D eigenvalue weighted by Crippen LogP contribution is -2.44. The summed E-state index contributed by atoms with van der Waals surface area (Å²) in [5, 5.41) is 3.44. The highest BCUT2D eigenvalue weighted by molar-refractivity contribution is 6.05. The molecule has 3 aromatic carbocycles. The normalized spacial score (nSPS) is 17.1. The second-order valence-corrected chi connectivity index (χ2v) is 9.46. The Morgan fingerprint density at radius 1 is 0.950 bits per heavy atom. The average molecular weight is 551 g/mol. The van der Waals surface area contributed by atoms with E-state index < -0.39 is 36.3 Å². The van der Waals surface area contributed by atoms with Crippen LogP contribution in [0.15, 0.2) is 85.1 Å². The van der Waals surface area contributed by atoms with E-state index in [-0.39, 0.29) is 12.2 Å². The smallest absolute Gasteiger partial charge is 0.406 e. The van der Waals surface area contributed by atoms with Crippen LogP contribution in [-0.2, 0) is 11.2 Å². The van der Waals surface area contributed by atoms with Gasteiger partial charge < -0.3 is 20.7 Å². The Balaban J connectivity index is 1.44. The third-order valence-corrected chi connectivity index (χ3v) is 6.88. The Hall–Kier alpha value is -4.80. The van der Waals surface area contributed by atoms with Gasteiger partial charge in [0, 0.05) is 18.0 Å². The molecule has 2 atom stereocenters. The molecule has 3 N–H and O–H groups in total. The molecule has 206 valence electrons. The first-order valence-corrected chi connectivity index (χ1v) is 12.5. The summed E-state index contributed by atoms with van der Waals surface area (Å²) in [5.41, 5.74) is 7.54. The molecule has 1 fully saturated rings. The van der Waals surface area contributed by atoms with Crippen LogP contribution in [0.3, 0.4) is 0 Å². The first-order valence-electron chi connectivity index (χ1n) is 12.5. The third-order valence-electron chi connectivity index (χ3n) is 6.88. The summed E-state index contributed by atoms with van der Waals surface area (Å²) in [6, 6.07) is 18.9. The standard InChI is InChI=1S/C29H25F3N4O4/c30-29(31,32)40-20-10-6-7-18(15-20)16-26(37)25-14-13-23(19-8-2-1-3-9-19)36(25)28(39)34-22-17-35(27(33)38)24-12-5-4-11-21(22)24/h1-12,15,17,23,25H,13-14,16H2,(H2,33,38)(H,34,39)/t23-,25+/m1/s1. The number of nitrogens with one attached hydrogen (secondary N) is 1. The summed E-state index contributed by atoms with van der Waals surface area (Å²) in [4.78, 5) is 40.7. The third kappa shape index (κ3) is 5.63. The number of hydrogen-bond acceptors (Lipinski definition) is 4. The van der Waals surface area contributed by atoms with Crippen molar-refractivity contribution in [3.63, 3.8) is 0 Å². The first-order chi connectivity index (χ1) is 19.1. The highest BCUT2D eigenvalue weighted by Gasteiger charge is 2.41. The lowest BCUT2D eigenvalue weighted by Gasteiger charge is -2.30. The number of nitrogens with two attached hydrogens (primary N) is 1. The van der Waals surface area contributed by atoms with Crippen molar-refractivity contribution in [3.05, 3.63) is 96.2 Å². The van der Waals surface area contributed by atoms with Crippen molar-refractivity contribution < 1.29 is 32.3 Å². The number of urea groups is 1. The number of nitrogens with zero attached hydrogens (tertiary/aromatic N) is 2. The number of carbonyl (C=O) groups is 3. The lowest BCUT2D eigenvalue weighted by molar-refractivity contribution is -0.274. The van der Waals surface area contributed by atoms with Gasteiger partial charge in [0.15, 0.2) is 5.78 Å². The number of carbonyl (C=O) groups excluding carboxylic acids is 3. The van der Waals surface area contributed by atoms with Gasteiger partial charge in [-0.15, -0.1) is 13.2 Å². The van der Waals surface area contributed by atoms with Crippen molar-refractivity contribution in [2.24, 2.45) is 5.73 Å². The molecule has 0 saturated carbocycles. The predicted molar refractivity (Wildman–Crippen MR) is 142 cm³/mol. The van der Waals surface area contributed by atoms with Crippen LogP contribution in [0.1, 0.15) is 30.0 Å². The first kappa shape index (κ1) is 26.8. The number of ether oxygens (including phenoxy) is 1. The second kappa shape index (κ2) is 10.8. The van der Waals surface area contributed by atoms with Crippen LogP contribution in [0.4, 0.5) is 28.4 Å². The molecule has 8 nitrogen and oxygen atoms in total. The van der Waals surface area contributed by atoms with Gasteiger partial charge in [-0.25, -0.2) is 9.59 Å². The van der Waals surface area contributed by atoms with Crippen molar-refractivity contribution in [1.82, 2.24) is 9.47 Å². The van der Waals surface area contributed by atoms with Gasteiger partial charge in [0.1, 0.15) is 5.75 Å². The summed E-state index contributed by atoms with van der Waals surface area (Å²) < 4.78 is 43.2. The molecule has 3 amide bonds. The van der Waals surface area contributed by atoms with Gasteiger partial charge in [-0.1, -0.05) is 60.7 Å². The lowest BCUT2D eigenvalue weighted by atomic mass is 10.0. The molecule has 0 unspecified atom stereocenters. The molecule has 1 saturated heterocycles. The fraction of sp³-hybridized carbons (Fsp3) is 0.207. The predicted octanol–water partition coefficient (Wildman–Crippen LogP) is 6.02. The number of fused-ring (bicyclic) bond motifs is 1. The Labute approximate surface area is 227 Å². The molecule has 2 heterocycles. The van der Waals surface area contributed by atoms with Gasteiger partial charge in [0.05, 0.1) is 23.3 Å². The number of benzene rings is 3. The fourth-order valence-corrected chi connectivity index (χ4v) is 5.23. The van der Waals surface area contributed by atoms with E-state index in [2.05, 4.69) is 10.1 Å². The molecule has 4 aromatic rings. The largest absolute Gasteiger partial charge is 0.573 e. The molecule has 0 radical (unpaired) electrons. The number of alkyl halides is 3. The van der Waals surface area contributed by atoms with Gasteiger partial charge >= 0.3 is 18.4 Å².